The lowest BCUT2D eigenvalue weighted by Gasteiger charge is -2.06. The number of anilines is 1. The number of benzene rings is 1. The fraction of sp³-hybridized carbons (Fsp3) is 0.389. The summed E-state index contributed by atoms with van der Waals surface area (Å²) in [5.41, 5.74) is 1.52. The average molecular weight is 316 g/mol. The van der Waals surface area contributed by atoms with Crippen LogP contribution < -0.4 is 10.6 Å². The van der Waals surface area contributed by atoms with Crippen LogP contribution in [0.3, 0.4) is 0 Å². The van der Waals surface area contributed by atoms with Gasteiger partial charge < -0.3 is 10.6 Å². The number of amides is 2. The van der Waals surface area contributed by atoms with Crippen molar-refractivity contribution in [2.24, 2.45) is 0 Å². The van der Waals surface area contributed by atoms with Crippen molar-refractivity contribution in [3.8, 4) is 0 Å². The van der Waals surface area contributed by atoms with Gasteiger partial charge in [-0.25, -0.2) is 0 Å². The summed E-state index contributed by atoms with van der Waals surface area (Å²) in [4.78, 5) is 34.9. The predicted octanol–water partition coefficient (Wildman–Crippen LogP) is 3.08. The Labute approximate surface area is 137 Å². The van der Waals surface area contributed by atoms with Crippen LogP contribution in [0.4, 0.5) is 5.69 Å². The monoisotopic (exact) mass is 316 g/mol. The Morgan fingerprint density at radius 1 is 1.04 bits per heavy atom. The molecule has 0 aliphatic rings. The molecule has 0 heterocycles. The van der Waals surface area contributed by atoms with Crippen molar-refractivity contribution >= 4 is 23.3 Å². The van der Waals surface area contributed by atoms with Gasteiger partial charge in [0.15, 0.2) is 5.78 Å². The molecule has 0 radical (unpaired) electrons. The topological polar surface area (TPSA) is 75.3 Å². The van der Waals surface area contributed by atoms with Gasteiger partial charge in [0.1, 0.15) is 0 Å². The van der Waals surface area contributed by atoms with Crippen molar-refractivity contribution in [3.63, 3.8) is 0 Å². The zero-order valence-electron chi connectivity index (χ0n) is 13.9. The van der Waals surface area contributed by atoms with Crippen LogP contribution in [0.2, 0.25) is 0 Å². The molecule has 0 spiro atoms. The molecule has 0 unspecified atom stereocenters. The van der Waals surface area contributed by atoms with E-state index in [9.17, 15) is 14.4 Å². The summed E-state index contributed by atoms with van der Waals surface area (Å²) >= 11 is 0. The van der Waals surface area contributed by atoms with Crippen LogP contribution in [0, 0.1) is 0 Å². The first-order chi connectivity index (χ1) is 10.9. The molecule has 2 amide bonds. The molecule has 2 N–H and O–H groups in total. The highest BCUT2D eigenvalue weighted by Crippen LogP contribution is 2.10. The second kappa shape index (κ2) is 9.56. The van der Waals surface area contributed by atoms with Gasteiger partial charge in [-0.15, -0.1) is 0 Å². The van der Waals surface area contributed by atoms with E-state index in [0.717, 1.165) is 19.3 Å². The van der Waals surface area contributed by atoms with Crippen LogP contribution >= 0.6 is 0 Å². The molecule has 0 aromatic heterocycles. The number of rotatable bonds is 8. The van der Waals surface area contributed by atoms with E-state index in [-0.39, 0.29) is 17.6 Å². The minimum Gasteiger partial charge on any atom is -0.352 e. The van der Waals surface area contributed by atoms with E-state index in [1.165, 1.54) is 13.0 Å². The number of nitrogens with one attached hydrogen (secondary N) is 2. The lowest BCUT2D eigenvalue weighted by atomic mass is 10.1. The summed E-state index contributed by atoms with van der Waals surface area (Å²) in [6.45, 7) is 5.80. The fourth-order valence-electron chi connectivity index (χ4n) is 1.95. The Bertz CT molecular complexity index is 589. The van der Waals surface area contributed by atoms with E-state index in [2.05, 4.69) is 17.6 Å². The van der Waals surface area contributed by atoms with Gasteiger partial charge in [-0.1, -0.05) is 19.8 Å². The maximum Gasteiger partial charge on any atom is 0.248 e. The Balaban J connectivity index is 2.53. The molecule has 124 valence electrons. The van der Waals surface area contributed by atoms with Gasteiger partial charge in [0.2, 0.25) is 11.8 Å². The van der Waals surface area contributed by atoms with Crippen LogP contribution in [0.1, 0.15) is 50.4 Å². The number of carbonyl (C=O) groups is 3. The van der Waals surface area contributed by atoms with E-state index in [1.807, 2.05) is 0 Å². The molecule has 1 aromatic carbocycles. The van der Waals surface area contributed by atoms with E-state index >= 15 is 0 Å². The van der Waals surface area contributed by atoms with Crippen LogP contribution in [-0.2, 0) is 9.59 Å². The maximum absolute atomic E-state index is 11.9. The van der Waals surface area contributed by atoms with E-state index < -0.39 is 0 Å². The van der Waals surface area contributed by atoms with Crippen molar-refractivity contribution in [2.75, 3.05) is 11.9 Å². The minimum atomic E-state index is -0.373. The Morgan fingerprint density at radius 2 is 1.70 bits per heavy atom. The zero-order chi connectivity index (χ0) is 17.2. The standard InChI is InChI=1S/C18H24N2O3/c1-4-5-6-11-19-18(23)13(2)12-17(22)20-16-9-7-15(8-10-16)14(3)21/h7-10,12H,4-6,11H2,1-3H3,(H,19,23)(H,20,22)/b13-12-. The molecule has 5 nitrogen and oxygen atoms in total. The molecule has 0 aliphatic carbocycles. The largest absolute Gasteiger partial charge is 0.352 e. The summed E-state index contributed by atoms with van der Waals surface area (Å²) in [7, 11) is 0. The molecule has 0 fully saturated rings. The molecule has 0 saturated carbocycles. The molecule has 1 aromatic rings. The lowest BCUT2D eigenvalue weighted by molar-refractivity contribution is -0.118. The highest BCUT2D eigenvalue weighted by atomic mass is 16.2. The van der Waals surface area contributed by atoms with Gasteiger partial charge in [0.25, 0.3) is 0 Å². The van der Waals surface area contributed by atoms with Crippen LogP contribution in [-0.4, -0.2) is 24.1 Å². The molecule has 0 aliphatic heterocycles. The van der Waals surface area contributed by atoms with Crippen molar-refractivity contribution in [1.82, 2.24) is 5.32 Å². The number of Topliss-reactive ketones (excluding diaryl/α,β-unsaturated/α-hetero) is 1. The van der Waals surface area contributed by atoms with E-state index in [1.54, 1.807) is 31.2 Å². The van der Waals surface area contributed by atoms with Gasteiger partial charge >= 0.3 is 0 Å². The van der Waals surface area contributed by atoms with Crippen LogP contribution in [0.25, 0.3) is 0 Å². The number of hydrogen-bond acceptors (Lipinski definition) is 3. The number of hydrogen-bond donors (Lipinski definition) is 2. The summed E-state index contributed by atoms with van der Waals surface area (Å²) in [6.07, 6.45) is 4.37. The Kier molecular flexibility index (Phi) is 7.74. The van der Waals surface area contributed by atoms with Crippen molar-refractivity contribution in [1.29, 1.82) is 0 Å². The van der Waals surface area contributed by atoms with Crippen molar-refractivity contribution < 1.29 is 14.4 Å². The highest BCUT2D eigenvalue weighted by Gasteiger charge is 2.07. The normalized spacial score (nSPS) is 11.0. The first-order valence-corrected chi connectivity index (χ1v) is 7.82. The Hall–Kier alpha value is -2.43. The molecule has 1 rings (SSSR count). The van der Waals surface area contributed by atoms with Gasteiger partial charge in [0.05, 0.1) is 0 Å². The smallest absolute Gasteiger partial charge is 0.248 e. The van der Waals surface area contributed by atoms with Gasteiger partial charge in [-0.3, -0.25) is 14.4 Å². The minimum absolute atomic E-state index is 0.0293. The fourth-order valence-corrected chi connectivity index (χ4v) is 1.95. The maximum atomic E-state index is 11.9. The summed E-state index contributed by atoms with van der Waals surface area (Å²) in [5, 5.41) is 5.45. The van der Waals surface area contributed by atoms with Gasteiger partial charge in [-0.2, -0.15) is 0 Å². The molecule has 23 heavy (non-hydrogen) atoms. The van der Waals surface area contributed by atoms with Crippen LogP contribution in [0.15, 0.2) is 35.9 Å². The highest BCUT2D eigenvalue weighted by molar-refractivity contribution is 6.06. The second-order valence-corrected chi connectivity index (χ2v) is 5.41. The van der Waals surface area contributed by atoms with Gasteiger partial charge in [0, 0.05) is 29.4 Å². The number of unbranched alkanes of at least 4 members (excludes halogenated alkanes) is 2. The first kappa shape index (κ1) is 18.6. The molecule has 0 saturated heterocycles. The van der Waals surface area contributed by atoms with Crippen LogP contribution in [0.5, 0.6) is 0 Å². The third kappa shape index (κ3) is 6.91. The van der Waals surface area contributed by atoms with Crippen molar-refractivity contribution in [2.45, 2.75) is 40.0 Å². The predicted molar refractivity (Wildman–Crippen MR) is 91.4 cm³/mol. The second-order valence-electron chi connectivity index (χ2n) is 5.41. The average Bonchev–Trinajstić information content (AvgIpc) is 2.51. The quantitative estimate of drug-likeness (QED) is 0.439. The van der Waals surface area contributed by atoms with E-state index in [4.69, 9.17) is 0 Å². The third-order valence-electron chi connectivity index (χ3n) is 3.33. The third-order valence-corrected chi connectivity index (χ3v) is 3.33. The summed E-state index contributed by atoms with van der Waals surface area (Å²) < 4.78 is 0. The molecule has 0 bridgehead atoms. The van der Waals surface area contributed by atoms with E-state index in [0.29, 0.717) is 23.4 Å². The summed E-state index contributed by atoms with van der Waals surface area (Å²) in [5.74, 6) is -0.636. The Morgan fingerprint density at radius 3 is 2.26 bits per heavy atom. The number of ketones is 1. The zero-order valence-corrected chi connectivity index (χ0v) is 13.9. The first-order valence-electron chi connectivity index (χ1n) is 7.82. The molecular weight excluding hydrogens is 292 g/mol. The molecular formula is C18H24N2O3. The SMILES string of the molecule is CCCCCNC(=O)/C(C)=C\C(=O)Nc1ccc(C(C)=O)cc1. The van der Waals surface area contributed by atoms with Gasteiger partial charge in [-0.05, 0) is 44.5 Å². The number of carbonyl (C=O) groups excluding carboxylic acids is 3. The molecule has 0 atom stereocenters. The summed E-state index contributed by atoms with van der Waals surface area (Å²) in [6, 6.07) is 6.61. The molecule has 5 heteroatoms. The van der Waals surface area contributed by atoms with Crippen molar-refractivity contribution in [3.05, 3.63) is 41.5 Å². The lowest BCUT2D eigenvalue weighted by Crippen LogP contribution is -2.26.